The molecular weight excluding hydrogens is 292 g/mol. The van der Waals surface area contributed by atoms with E-state index in [2.05, 4.69) is 16.2 Å². The normalized spacial score (nSPS) is 10.5. The minimum atomic E-state index is -0.551. The molecule has 0 N–H and O–H groups in total. The predicted octanol–water partition coefficient (Wildman–Crippen LogP) is 2.78. The second-order valence-corrected chi connectivity index (χ2v) is 4.91. The number of carbonyl (C=O) groups excluding carboxylic acids is 1. The molecule has 2 heterocycles. The smallest absolute Gasteiger partial charge is 0.341 e. The van der Waals surface area contributed by atoms with E-state index < -0.39 is 5.97 Å². The van der Waals surface area contributed by atoms with Crippen molar-refractivity contribution in [2.75, 3.05) is 6.61 Å². The van der Waals surface area contributed by atoms with Gasteiger partial charge in [-0.1, -0.05) is 18.2 Å². The number of esters is 1. The fourth-order valence-electron chi connectivity index (χ4n) is 2.48. The first-order valence-electron chi connectivity index (χ1n) is 7.18. The summed E-state index contributed by atoms with van der Waals surface area (Å²) in [4.78, 5) is 16.4. The predicted molar refractivity (Wildman–Crippen MR) is 84.3 cm³/mol. The average molecular weight is 306 g/mol. The molecule has 0 aliphatic heterocycles. The molecule has 0 fully saturated rings. The summed E-state index contributed by atoms with van der Waals surface area (Å²) in [6.45, 7) is 3.75. The van der Waals surface area contributed by atoms with Crippen molar-refractivity contribution in [3.8, 4) is 11.8 Å². The summed E-state index contributed by atoms with van der Waals surface area (Å²) < 4.78 is 6.66. The molecule has 0 saturated heterocycles. The Morgan fingerprint density at radius 3 is 2.74 bits per heavy atom. The zero-order valence-corrected chi connectivity index (χ0v) is 12.8. The van der Waals surface area contributed by atoms with Crippen molar-refractivity contribution in [2.45, 2.75) is 13.8 Å². The van der Waals surface area contributed by atoms with Crippen LogP contribution < -0.4 is 0 Å². The summed E-state index contributed by atoms with van der Waals surface area (Å²) in [7, 11) is 0. The van der Waals surface area contributed by atoms with Gasteiger partial charge in [0.05, 0.1) is 34.5 Å². The van der Waals surface area contributed by atoms with Gasteiger partial charge in [0.25, 0.3) is 0 Å². The topological polar surface area (TPSA) is 80.8 Å². The largest absolute Gasteiger partial charge is 0.462 e. The lowest BCUT2D eigenvalue weighted by Gasteiger charge is -2.06. The fraction of sp³-hybridized carbons (Fsp3) is 0.176. The van der Waals surface area contributed by atoms with Gasteiger partial charge in [0.15, 0.2) is 5.65 Å². The van der Waals surface area contributed by atoms with Gasteiger partial charge < -0.3 is 4.74 Å². The Balaban J connectivity index is 2.28. The number of ether oxygens (including phenoxy) is 1. The van der Waals surface area contributed by atoms with Crippen molar-refractivity contribution >= 4 is 17.0 Å². The Hall–Kier alpha value is -3.20. The fourth-order valence-corrected chi connectivity index (χ4v) is 2.48. The lowest BCUT2D eigenvalue weighted by atomic mass is 10.1. The number of nitrogens with zero attached hydrogens (tertiary/aromatic N) is 4. The summed E-state index contributed by atoms with van der Waals surface area (Å²) in [6, 6.07) is 11.6. The van der Waals surface area contributed by atoms with Crippen molar-refractivity contribution in [1.29, 1.82) is 5.26 Å². The summed E-state index contributed by atoms with van der Waals surface area (Å²) in [5.74, 6) is -0.551. The van der Waals surface area contributed by atoms with E-state index in [4.69, 9.17) is 4.74 Å². The van der Waals surface area contributed by atoms with Crippen LogP contribution in [0.2, 0.25) is 0 Å². The maximum absolute atomic E-state index is 12.0. The number of nitriles is 1. The number of pyridine rings is 1. The van der Waals surface area contributed by atoms with Crippen LogP contribution in [0.4, 0.5) is 0 Å². The second-order valence-electron chi connectivity index (χ2n) is 4.91. The van der Waals surface area contributed by atoms with Gasteiger partial charge >= 0.3 is 5.97 Å². The van der Waals surface area contributed by atoms with Crippen LogP contribution in [0.15, 0.2) is 36.5 Å². The SMILES string of the molecule is CCOC(=O)c1cnc2c(c(C)nn2-c2ccccc2)c1C#N. The molecule has 1 aromatic carbocycles. The quantitative estimate of drug-likeness (QED) is 0.695. The van der Waals surface area contributed by atoms with Gasteiger partial charge in [-0.3, -0.25) is 0 Å². The lowest BCUT2D eigenvalue weighted by molar-refractivity contribution is 0.0526. The molecule has 3 rings (SSSR count). The van der Waals surface area contributed by atoms with Gasteiger partial charge in [-0.15, -0.1) is 0 Å². The lowest BCUT2D eigenvalue weighted by Crippen LogP contribution is -2.08. The highest BCUT2D eigenvalue weighted by Crippen LogP contribution is 2.26. The Morgan fingerprint density at radius 2 is 2.09 bits per heavy atom. The zero-order chi connectivity index (χ0) is 16.4. The molecule has 2 aromatic heterocycles. The van der Waals surface area contributed by atoms with Crippen molar-refractivity contribution in [3.63, 3.8) is 0 Å². The highest BCUT2D eigenvalue weighted by atomic mass is 16.5. The van der Waals surface area contributed by atoms with Gasteiger partial charge in [0.2, 0.25) is 0 Å². The Kier molecular flexibility index (Phi) is 3.77. The first-order valence-corrected chi connectivity index (χ1v) is 7.18. The van der Waals surface area contributed by atoms with E-state index in [1.807, 2.05) is 30.3 Å². The molecule has 23 heavy (non-hydrogen) atoms. The van der Waals surface area contributed by atoms with Crippen LogP contribution in [0, 0.1) is 18.3 Å². The zero-order valence-electron chi connectivity index (χ0n) is 12.8. The number of aryl methyl sites for hydroxylation is 1. The van der Waals surface area contributed by atoms with E-state index in [9.17, 15) is 10.1 Å². The third kappa shape index (κ3) is 2.42. The highest BCUT2D eigenvalue weighted by molar-refractivity contribution is 5.99. The summed E-state index contributed by atoms with van der Waals surface area (Å²) in [6.07, 6.45) is 1.37. The number of fused-ring (bicyclic) bond motifs is 1. The molecule has 0 aliphatic rings. The van der Waals surface area contributed by atoms with E-state index in [0.717, 1.165) is 5.69 Å². The molecule has 0 amide bonds. The van der Waals surface area contributed by atoms with Crippen LogP contribution in [-0.4, -0.2) is 27.3 Å². The molecule has 0 atom stereocenters. The number of aromatic nitrogens is 3. The van der Waals surface area contributed by atoms with Crippen LogP contribution >= 0.6 is 0 Å². The van der Waals surface area contributed by atoms with Gasteiger partial charge in [-0.25, -0.2) is 14.5 Å². The van der Waals surface area contributed by atoms with Crippen molar-refractivity contribution < 1.29 is 9.53 Å². The Morgan fingerprint density at radius 1 is 1.35 bits per heavy atom. The number of carbonyl (C=O) groups is 1. The maximum Gasteiger partial charge on any atom is 0.341 e. The van der Waals surface area contributed by atoms with E-state index in [1.165, 1.54) is 6.20 Å². The van der Waals surface area contributed by atoms with Crippen LogP contribution in [0.3, 0.4) is 0 Å². The molecule has 0 spiro atoms. The van der Waals surface area contributed by atoms with E-state index >= 15 is 0 Å². The molecule has 0 aliphatic carbocycles. The van der Waals surface area contributed by atoms with Gasteiger partial charge in [-0.2, -0.15) is 10.4 Å². The average Bonchev–Trinajstić information content (AvgIpc) is 2.92. The van der Waals surface area contributed by atoms with Crippen LogP contribution in [0.5, 0.6) is 0 Å². The highest BCUT2D eigenvalue weighted by Gasteiger charge is 2.21. The molecule has 0 unspecified atom stereocenters. The van der Waals surface area contributed by atoms with E-state index in [0.29, 0.717) is 16.7 Å². The van der Waals surface area contributed by atoms with Crippen LogP contribution in [0.25, 0.3) is 16.7 Å². The molecule has 6 heteroatoms. The van der Waals surface area contributed by atoms with Crippen molar-refractivity contribution in [3.05, 3.63) is 53.3 Å². The van der Waals surface area contributed by atoms with Crippen molar-refractivity contribution in [1.82, 2.24) is 14.8 Å². The number of rotatable bonds is 3. The first-order chi connectivity index (χ1) is 11.2. The number of para-hydroxylation sites is 1. The van der Waals surface area contributed by atoms with Gasteiger partial charge in [0.1, 0.15) is 6.07 Å². The van der Waals surface area contributed by atoms with E-state index in [-0.39, 0.29) is 17.7 Å². The molecule has 3 aromatic rings. The molecule has 6 nitrogen and oxygen atoms in total. The number of benzene rings is 1. The standard InChI is InChI=1S/C17H14N4O2/c1-3-23-17(22)14-10-19-16-15(13(14)9-18)11(2)20-21(16)12-7-5-4-6-8-12/h4-8,10H,3H2,1-2H3. The molecule has 0 saturated carbocycles. The molecule has 114 valence electrons. The maximum atomic E-state index is 12.0. The molecule has 0 radical (unpaired) electrons. The molecule has 0 bridgehead atoms. The molecular formula is C17H14N4O2. The third-order valence-electron chi connectivity index (χ3n) is 3.48. The second kappa shape index (κ2) is 5.89. The first kappa shape index (κ1) is 14.7. The summed E-state index contributed by atoms with van der Waals surface area (Å²) in [5, 5.41) is 14.6. The van der Waals surface area contributed by atoms with Gasteiger partial charge in [-0.05, 0) is 26.0 Å². The summed E-state index contributed by atoms with van der Waals surface area (Å²) in [5.41, 5.74) is 2.42. The Labute approximate surface area is 132 Å². The van der Waals surface area contributed by atoms with Crippen LogP contribution in [-0.2, 0) is 4.74 Å². The Bertz CT molecular complexity index is 923. The minimum Gasteiger partial charge on any atom is -0.462 e. The number of hydrogen-bond donors (Lipinski definition) is 0. The monoisotopic (exact) mass is 306 g/mol. The minimum absolute atomic E-state index is 0.164. The van der Waals surface area contributed by atoms with E-state index in [1.54, 1.807) is 18.5 Å². The van der Waals surface area contributed by atoms with Gasteiger partial charge in [0, 0.05) is 6.20 Å². The third-order valence-corrected chi connectivity index (χ3v) is 3.48. The summed E-state index contributed by atoms with van der Waals surface area (Å²) >= 11 is 0. The van der Waals surface area contributed by atoms with Crippen molar-refractivity contribution in [2.24, 2.45) is 0 Å². The van der Waals surface area contributed by atoms with Crippen LogP contribution in [0.1, 0.15) is 28.5 Å². The number of hydrogen-bond acceptors (Lipinski definition) is 5.